The van der Waals surface area contributed by atoms with Crippen molar-refractivity contribution in [3.8, 4) is 0 Å². The van der Waals surface area contributed by atoms with Gasteiger partial charge in [0.05, 0.1) is 6.33 Å². The second kappa shape index (κ2) is 7.36. The Labute approximate surface area is 131 Å². The molecule has 0 aliphatic rings. The summed E-state index contributed by atoms with van der Waals surface area (Å²) in [6.45, 7) is 2.59. The van der Waals surface area contributed by atoms with Gasteiger partial charge in [-0.3, -0.25) is 4.79 Å². The number of hydrogen-bond acceptors (Lipinski definition) is 2. The predicted molar refractivity (Wildman–Crippen MR) is 82.3 cm³/mol. The minimum absolute atomic E-state index is 0.00136. The Balaban J connectivity index is 1.79. The van der Waals surface area contributed by atoms with Crippen LogP contribution in [0.25, 0.3) is 0 Å². The van der Waals surface area contributed by atoms with Gasteiger partial charge in [0.25, 0.3) is 0 Å². The lowest BCUT2D eigenvalue weighted by atomic mass is 10.1. The lowest BCUT2D eigenvalue weighted by Gasteiger charge is -2.14. The van der Waals surface area contributed by atoms with Gasteiger partial charge in [0.1, 0.15) is 5.82 Å². The monoisotopic (exact) mass is 353 g/mol. The van der Waals surface area contributed by atoms with E-state index in [4.69, 9.17) is 0 Å². The highest BCUT2D eigenvalue weighted by atomic mass is 79.9. The van der Waals surface area contributed by atoms with Crippen LogP contribution in [-0.4, -0.2) is 21.5 Å². The van der Waals surface area contributed by atoms with Gasteiger partial charge in [-0.15, -0.1) is 0 Å². The van der Waals surface area contributed by atoms with Gasteiger partial charge in [0.2, 0.25) is 5.91 Å². The van der Waals surface area contributed by atoms with Gasteiger partial charge in [-0.05, 0) is 31.0 Å². The number of amides is 1. The number of imidazole rings is 1. The molecule has 0 bridgehead atoms. The molecule has 1 aromatic heterocycles. The molecule has 0 fully saturated rings. The molecule has 0 aliphatic heterocycles. The molecule has 1 heterocycles. The van der Waals surface area contributed by atoms with Gasteiger partial charge in [-0.2, -0.15) is 0 Å². The number of nitrogens with zero attached hydrogens (tertiary/aromatic N) is 2. The van der Waals surface area contributed by atoms with Crippen LogP contribution in [0.3, 0.4) is 0 Å². The zero-order valence-electron chi connectivity index (χ0n) is 11.7. The van der Waals surface area contributed by atoms with Gasteiger partial charge >= 0.3 is 0 Å². The molecule has 1 atom stereocenters. The number of aryl methyl sites for hydroxylation is 1. The summed E-state index contributed by atoms with van der Waals surface area (Å²) in [5.41, 5.74) is 0.551. The average Bonchev–Trinajstić information content (AvgIpc) is 2.90. The molecule has 6 heteroatoms. The number of nitrogens with one attached hydrogen (secondary N) is 1. The van der Waals surface area contributed by atoms with Gasteiger partial charge in [-0.25, -0.2) is 9.37 Å². The number of halogens is 2. The molecule has 2 rings (SSSR count). The normalized spacial score (nSPS) is 12.1. The molecule has 4 nitrogen and oxygen atoms in total. The minimum Gasteiger partial charge on any atom is -0.352 e. The number of hydrogen-bond donors (Lipinski definition) is 1. The number of carbonyl (C=O) groups excluding carboxylic acids is 1. The number of benzene rings is 1. The fourth-order valence-corrected chi connectivity index (χ4v) is 2.41. The number of aromatic nitrogens is 2. The van der Waals surface area contributed by atoms with Crippen molar-refractivity contribution in [3.63, 3.8) is 0 Å². The lowest BCUT2D eigenvalue weighted by Crippen LogP contribution is -2.35. The van der Waals surface area contributed by atoms with Crippen LogP contribution in [0.15, 0.2) is 41.4 Å². The molecule has 0 radical (unpaired) electrons. The Morgan fingerprint density at radius 1 is 1.52 bits per heavy atom. The summed E-state index contributed by atoms with van der Waals surface area (Å²) in [6, 6.07) is 4.88. The van der Waals surface area contributed by atoms with E-state index in [2.05, 4.69) is 26.2 Å². The second-order valence-corrected chi connectivity index (χ2v) is 5.88. The zero-order valence-corrected chi connectivity index (χ0v) is 13.3. The first-order chi connectivity index (χ1) is 10.0. The maximum absolute atomic E-state index is 13.6. The van der Waals surface area contributed by atoms with E-state index < -0.39 is 0 Å². The molecule has 2 aromatic rings. The largest absolute Gasteiger partial charge is 0.352 e. The van der Waals surface area contributed by atoms with Gasteiger partial charge in [0, 0.05) is 35.9 Å². The van der Waals surface area contributed by atoms with Crippen molar-refractivity contribution in [2.75, 3.05) is 0 Å². The molecule has 1 amide bonds. The molecule has 1 N–H and O–H groups in total. The van der Waals surface area contributed by atoms with Crippen LogP contribution in [0.1, 0.15) is 18.9 Å². The molecule has 0 saturated heterocycles. The summed E-state index contributed by atoms with van der Waals surface area (Å²) in [5, 5.41) is 2.90. The van der Waals surface area contributed by atoms with E-state index in [1.807, 2.05) is 17.7 Å². The van der Waals surface area contributed by atoms with Gasteiger partial charge < -0.3 is 9.88 Å². The maximum atomic E-state index is 13.6. The smallest absolute Gasteiger partial charge is 0.220 e. The highest BCUT2D eigenvalue weighted by molar-refractivity contribution is 9.10. The topological polar surface area (TPSA) is 46.9 Å². The Morgan fingerprint density at radius 3 is 3.00 bits per heavy atom. The van der Waals surface area contributed by atoms with Crippen molar-refractivity contribution >= 4 is 21.8 Å². The summed E-state index contributed by atoms with van der Waals surface area (Å²) in [7, 11) is 0. The minimum atomic E-state index is -0.288. The van der Waals surface area contributed by atoms with Crippen LogP contribution in [0, 0.1) is 5.82 Å². The fraction of sp³-hybridized carbons (Fsp3) is 0.333. The molecule has 1 unspecified atom stereocenters. The Kier molecular flexibility index (Phi) is 5.50. The molecule has 112 valence electrons. The van der Waals surface area contributed by atoms with E-state index >= 15 is 0 Å². The third kappa shape index (κ3) is 4.97. The third-order valence-electron chi connectivity index (χ3n) is 3.09. The van der Waals surface area contributed by atoms with E-state index in [0.29, 0.717) is 23.0 Å². The molecule has 21 heavy (non-hydrogen) atoms. The summed E-state index contributed by atoms with van der Waals surface area (Å²) in [5.74, 6) is -0.367. The van der Waals surface area contributed by atoms with Crippen molar-refractivity contribution in [2.45, 2.75) is 32.4 Å². The fourth-order valence-electron chi connectivity index (χ4n) is 2.08. The van der Waals surface area contributed by atoms with Crippen molar-refractivity contribution in [3.05, 3.63) is 52.8 Å². The average molecular weight is 354 g/mol. The van der Waals surface area contributed by atoms with Crippen molar-refractivity contribution in [1.29, 1.82) is 0 Å². The van der Waals surface area contributed by atoms with Crippen LogP contribution in [-0.2, 0) is 17.8 Å². The van der Waals surface area contributed by atoms with Crippen LogP contribution in [0.4, 0.5) is 4.39 Å². The van der Waals surface area contributed by atoms with E-state index in [1.165, 1.54) is 6.07 Å². The molecule has 0 spiro atoms. The number of carbonyl (C=O) groups is 1. The Bertz CT molecular complexity index is 601. The van der Waals surface area contributed by atoms with E-state index in [-0.39, 0.29) is 24.2 Å². The Morgan fingerprint density at radius 2 is 2.33 bits per heavy atom. The van der Waals surface area contributed by atoms with Gasteiger partial charge in [-0.1, -0.05) is 22.0 Å². The van der Waals surface area contributed by atoms with Crippen molar-refractivity contribution < 1.29 is 9.18 Å². The first kappa shape index (κ1) is 15.7. The molecule has 0 saturated carbocycles. The zero-order chi connectivity index (χ0) is 15.2. The quantitative estimate of drug-likeness (QED) is 0.867. The molecule has 0 aliphatic carbocycles. The van der Waals surface area contributed by atoms with Crippen molar-refractivity contribution in [1.82, 2.24) is 14.9 Å². The van der Waals surface area contributed by atoms with Crippen LogP contribution in [0.2, 0.25) is 0 Å². The molecular formula is C15H17BrFN3O. The van der Waals surface area contributed by atoms with Crippen LogP contribution < -0.4 is 5.32 Å². The van der Waals surface area contributed by atoms with Crippen LogP contribution in [0.5, 0.6) is 0 Å². The van der Waals surface area contributed by atoms with Gasteiger partial charge in [0.15, 0.2) is 0 Å². The maximum Gasteiger partial charge on any atom is 0.220 e. The molecular weight excluding hydrogens is 337 g/mol. The lowest BCUT2D eigenvalue weighted by molar-refractivity contribution is -0.121. The highest BCUT2D eigenvalue weighted by Crippen LogP contribution is 2.16. The first-order valence-corrected chi connectivity index (χ1v) is 7.53. The van der Waals surface area contributed by atoms with E-state index in [0.717, 1.165) is 0 Å². The predicted octanol–water partition coefficient (Wildman–Crippen LogP) is 2.92. The highest BCUT2D eigenvalue weighted by Gasteiger charge is 2.10. The summed E-state index contributed by atoms with van der Waals surface area (Å²) < 4.78 is 16.2. The Hall–Kier alpha value is -1.69. The summed E-state index contributed by atoms with van der Waals surface area (Å²) in [6.07, 6.45) is 5.92. The number of rotatable bonds is 6. The van der Waals surface area contributed by atoms with Crippen molar-refractivity contribution in [2.24, 2.45) is 0 Å². The summed E-state index contributed by atoms with van der Waals surface area (Å²) in [4.78, 5) is 15.8. The first-order valence-electron chi connectivity index (χ1n) is 6.73. The van der Waals surface area contributed by atoms with E-state index in [9.17, 15) is 9.18 Å². The summed E-state index contributed by atoms with van der Waals surface area (Å²) >= 11 is 3.21. The second-order valence-electron chi connectivity index (χ2n) is 4.96. The SMILES string of the molecule is CC(Cn1ccnc1)NC(=O)CCc1ccc(Br)cc1F. The van der Waals surface area contributed by atoms with Crippen LogP contribution >= 0.6 is 15.9 Å². The van der Waals surface area contributed by atoms with E-state index in [1.54, 1.807) is 24.7 Å². The standard InChI is InChI=1S/C15H17BrFN3O/c1-11(9-20-7-6-18-10-20)19-15(21)5-3-12-2-4-13(16)8-14(12)17/h2,4,6-8,10-11H,3,5,9H2,1H3,(H,19,21). The third-order valence-corrected chi connectivity index (χ3v) is 3.58. The molecule has 1 aromatic carbocycles.